The van der Waals surface area contributed by atoms with Crippen molar-refractivity contribution in [3.63, 3.8) is 0 Å². The molecule has 0 aliphatic heterocycles. The molecule has 0 N–H and O–H groups in total. The van der Waals surface area contributed by atoms with Gasteiger partial charge in [-0.25, -0.2) is 0 Å². The third-order valence-electron chi connectivity index (χ3n) is 2.31. The molecular weight excluding hydrogens is 348 g/mol. The molecule has 1 aromatic rings. The maximum Gasteiger partial charge on any atom is 0.408 e. The summed E-state index contributed by atoms with van der Waals surface area (Å²) in [5, 5.41) is 3.71. The molecule has 0 amide bonds. The Hall–Kier alpha value is -0.310. The Labute approximate surface area is 111 Å². The van der Waals surface area contributed by atoms with Crippen molar-refractivity contribution in [2.45, 2.75) is 45.7 Å². The minimum absolute atomic E-state index is 0.0278. The first kappa shape index (κ1) is 14.7. The highest BCUT2D eigenvalue weighted by atomic mass is 127. The minimum atomic E-state index is -4.26. The Balaban J connectivity index is 2.73. The van der Waals surface area contributed by atoms with Crippen molar-refractivity contribution in [1.82, 2.24) is 9.78 Å². The molecule has 7 heteroatoms. The van der Waals surface area contributed by atoms with Crippen LogP contribution in [-0.2, 0) is 17.9 Å². The molecule has 1 rings (SSSR count). The molecule has 0 radical (unpaired) electrons. The van der Waals surface area contributed by atoms with Gasteiger partial charge in [0.15, 0.2) is 0 Å². The smallest absolute Gasteiger partial charge is 0.372 e. The fourth-order valence-corrected chi connectivity index (χ4v) is 1.74. The second-order valence-electron chi connectivity index (χ2n) is 3.74. The Morgan fingerprint density at radius 2 is 2.18 bits per heavy atom. The van der Waals surface area contributed by atoms with Crippen molar-refractivity contribution in [2.75, 3.05) is 0 Å². The van der Waals surface area contributed by atoms with E-state index in [2.05, 4.69) is 5.10 Å². The van der Waals surface area contributed by atoms with E-state index in [0.717, 1.165) is 11.1 Å². The van der Waals surface area contributed by atoms with Gasteiger partial charge in [0.1, 0.15) is 6.54 Å². The predicted molar refractivity (Wildman–Crippen MR) is 65.5 cm³/mol. The van der Waals surface area contributed by atoms with Gasteiger partial charge in [-0.1, -0.05) is 6.92 Å². The first-order chi connectivity index (χ1) is 7.83. The number of halogens is 4. The number of nitrogens with zero attached hydrogens (tertiary/aromatic N) is 2. The van der Waals surface area contributed by atoms with Crippen LogP contribution < -0.4 is 0 Å². The Morgan fingerprint density at radius 1 is 1.53 bits per heavy atom. The van der Waals surface area contributed by atoms with Gasteiger partial charge in [-0.15, -0.1) is 0 Å². The number of aromatic nitrogens is 2. The van der Waals surface area contributed by atoms with E-state index in [9.17, 15) is 13.2 Å². The van der Waals surface area contributed by atoms with Crippen molar-refractivity contribution in [1.29, 1.82) is 0 Å². The van der Waals surface area contributed by atoms with Crippen LogP contribution in [0.3, 0.4) is 0 Å². The van der Waals surface area contributed by atoms with Crippen molar-refractivity contribution in [3.8, 4) is 0 Å². The lowest BCUT2D eigenvalue weighted by atomic mass is 10.3. The summed E-state index contributed by atoms with van der Waals surface area (Å²) < 4.78 is 44.0. The topological polar surface area (TPSA) is 27.1 Å². The van der Waals surface area contributed by atoms with Gasteiger partial charge >= 0.3 is 6.18 Å². The zero-order valence-electron chi connectivity index (χ0n) is 9.59. The molecule has 0 saturated carbocycles. The van der Waals surface area contributed by atoms with E-state index in [0.29, 0.717) is 9.26 Å². The van der Waals surface area contributed by atoms with E-state index in [-0.39, 0.29) is 12.7 Å². The van der Waals surface area contributed by atoms with E-state index in [1.54, 1.807) is 0 Å². The quantitative estimate of drug-likeness (QED) is 0.752. The Bertz CT molecular complexity index is 365. The summed E-state index contributed by atoms with van der Waals surface area (Å²) in [5.41, 5.74) is 0.475. The molecule has 1 atom stereocenters. The maximum absolute atomic E-state index is 12.3. The van der Waals surface area contributed by atoms with Crippen molar-refractivity contribution >= 4 is 22.6 Å². The fraction of sp³-hybridized carbons (Fsp3) is 0.700. The number of hydrogen-bond donors (Lipinski definition) is 0. The average Bonchev–Trinajstić information content (AvgIpc) is 2.54. The summed E-state index contributed by atoms with van der Waals surface area (Å²) in [6.45, 7) is 2.93. The molecule has 1 heterocycles. The van der Waals surface area contributed by atoms with Gasteiger partial charge in [0, 0.05) is 0 Å². The van der Waals surface area contributed by atoms with Crippen LogP contribution in [0.1, 0.15) is 26.0 Å². The molecule has 98 valence electrons. The van der Waals surface area contributed by atoms with Gasteiger partial charge in [-0.2, -0.15) is 18.3 Å². The Morgan fingerprint density at radius 3 is 2.71 bits per heavy atom. The highest BCUT2D eigenvalue weighted by molar-refractivity contribution is 14.1. The highest BCUT2D eigenvalue weighted by Gasteiger charge is 2.30. The van der Waals surface area contributed by atoms with Gasteiger partial charge in [-0.05, 0) is 35.9 Å². The lowest BCUT2D eigenvalue weighted by Gasteiger charge is -2.13. The largest absolute Gasteiger partial charge is 0.408 e. The number of alkyl halides is 3. The molecule has 0 fully saturated rings. The van der Waals surface area contributed by atoms with E-state index in [4.69, 9.17) is 4.74 Å². The second kappa shape index (κ2) is 6.03. The molecule has 0 spiro atoms. The van der Waals surface area contributed by atoms with Crippen LogP contribution in [0.15, 0.2) is 6.20 Å². The lowest BCUT2D eigenvalue weighted by molar-refractivity contribution is -0.143. The molecule has 17 heavy (non-hydrogen) atoms. The zero-order valence-corrected chi connectivity index (χ0v) is 11.7. The van der Waals surface area contributed by atoms with E-state index < -0.39 is 12.7 Å². The minimum Gasteiger partial charge on any atom is -0.372 e. The van der Waals surface area contributed by atoms with Gasteiger partial charge < -0.3 is 4.74 Å². The van der Waals surface area contributed by atoms with Crippen LogP contribution in [0.2, 0.25) is 0 Å². The Kier molecular flexibility index (Phi) is 5.23. The summed E-state index contributed by atoms with van der Waals surface area (Å²) in [4.78, 5) is 0. The van der Waals surface area contributed by atoms with Gasteiger partial charge in [0.05, 0.1) is 28.2 Å². The first-order valence-corrected chi connectivity index (χ1v) is 6.30. The van der Waals surface area contributed by atoms with E-state index in [1.807, 2.05) is 36.4 Å². The molecule has 0 aliphatic rings. The summed E-state index contributed by atoms with van der Waals surface area (Å²) in [5.74, 6) is 0. The van der Waals surface area contributed by atoms with Crippen LogP contribution in [0.4, 0.5) is 13.2 Å². The SMILES string of the molecule is CCC(C)OCc1c(I)cnn1CC(F)(F)F. The number of rotatable bonds is 5. The fourth-order valence-electron chi connectivity index (χ4n) is 1.18. The average molecular weight is 362 g/mol. The lowest BCUT2D eigenvalue weighted by Crippen LogP contribution is -2.21. The molecule has 1 aromatic heterocycles. The van der Waals surface area contributed by atoms with Gasteiger partial charge in [-0.3, -0.25) is 4.68 Å². The number of hydrogen-bond acceptors (Lipinski definition) is 2. The van der Waals surface area contributed by atoms with Gasteiger partial charge in [0.25, 0.3) is 0 Å². The van der Waals surface area contributed by atoms with Crippen molar-refractivity contribution in [2.24, 2.45) is 0 Å². The summed E-state index contributed by atoms with van der Waals surface area (Å²) in [6, 6.07) is 0. The molecule has 0 saturated heterocycles. The van der Waals surface area contributed by atoms with Crippen LogP contribution in [-0.4, -0.2) is 22.1 Å². The molecule has 0 aromatic carbocycles. The summed E-state index contributed by atoms with van der Waals surface area (Å²) in [6.07, 6.45) is -1.99. The molecule has 3 nitrogen and oxygen atoms in total. The highest BCUT2D eigenvalue weighted by Crippen LogP contribution is 2.21. The monoisotopic (exact) mass is 362 g/mol. The maximum atomic E-state index is 12.3. The van der Waals surface area contributed by atoms with E-state index >= 15 is 0 Å². The van der Waals surface area contributed by atoms with Crippen LogP contribution >= 0.6 is 22.6 Å². The van der Waals surface area contributed by atoms with Crippen molar-refractivity contribution < 1.29 is 17.9 Å². The second-order valence-corrected chi connectivity index (χ2v) is 4.90. The van der Waals surface area contributed by atoms with Crippen molar-refractivity contribution in [3.05, 3.63) is 15.5 Å². The summed E-state index contributed by atoms with van der Waals surface area (Å²) >= 11 is 1.96. The molecule has 0 bridgehead atoms. The normalized spacial score (nSPS) is 14.0. The van der Waals surface area contributed by atoms with E-state index in [1.165, 1.54) is 6.20 Å². The van der Waals surface area contributed by atoms with Crippen LogP contribution in [0.5, 0.6) is 0 Å². The summed E-state index contributed by atoms with van der Waals surface area (Å²) in [7, 11) is 0. The third-order valence-corrected chi connectivity index (χ3v) is 3.21. The molecule has 0 aliphatic carbocycles. The third kappa shape index (κ3) is 4.82. The standard InChI is InChI=1S/C10H14F3IN2O/c1-3-7(2)17-5-9-8(14)4-15-16(9)6-10(11,12)13/h4,7H,3,5-6H2,1-2H3. The van der Waals surface area contributed by atoms with Crippen LogP contribution in [0.25, 0.3) is 0 Å². The van der Waals surface area contributed by atoms with Gasteiger partial charge in [0.2, 0.25) is 0 Å². The zero-order chi connectivity index (χ0) is 13.1. The molecule has 1 unspecified atom stereocenters. The molecular formula is C10H14F3IN2O. The predicted octanol–water partition coefficient (Wildman–Crippen LogP) is 3.37. The number of ether oxygens (including phenoxy) is 1. The van der Waals surface area contributed by atoms with Crippen LogP contribution in [0, 0.1) is 3.57 Å². The first-order valence-electron chi connectivity index (χ1n) is 5.22.